The first-order valence-electron chi connectivity index (χ1n) is 7.35. The number of guanidine groups is 1. The second-order valence-corrected chi connectivity index (χ2v) is 5.91. The minimum Gasteiger partial charge on any atom is -0.457 e. The van der Waals surface area contributed by atoms with E-state index in [4.69, 9.17) is 14.9 Å². The maximum atomic E-state index is 11.0. The number of hydrogen-bond acceptors (Lipinski definition) is 6. The van der Waals surface area contributed by atoms with E-state index in [-0.39, 0.29) is 11.9 Å². The predicted molar refractivity (Wildman–Crippen MR) is 94.1 cm³/mol. The fourth-order valence-corrected chi connectivity index (χ4v) is 2.58. The fraction of sp³-hybridized carbons (Fsp3) is 0.400. The number of aryl methyl sites for hydroxylation is 1. The van der Waals surface area contributed by atoms with Crippen LogP contribution in [0.2, 0.25) is 0 Å². The van der Waals surface area contributed by atoms with Crippen LogP contribution in [0.15, 0.2) is 20.9 Å². The van der Waals surface area contributed by atoms with Gasteiger partial charge < -0.3 is 25.5 Å². The summed E-state index contributed by atoms with van der Waals surface area (Å²) < 4.78 is 10.7. The van der Waals surface area contributed by atoms with Gasteiger partial charge in [0.2, 0.25) is 5.91 Å². The van der Waals surface area contributed by atoms with Crippen molar-refractivity contribution in [2.75, 3.05) is 25.6 Å². The van der Waals surface area contributed by atoms with Gasteiger partial charge in [0, 0.05) is 19.4 Å². The van der Waals surface area contributed by atoms with Crippen molar-refractivity contribution in [2.24, 2.45) is 10.7 Å². The maximum Gasteiger partial charge on any atom is 0.217 e. The van der Waals surface area contributed by atoms with Gasteiger partial charge in [-0.2, -0.15) is 0 Å². The molecule has 0 aliphatic heterocycles. The van der Waals surface area contributed by atoms with E-state index in [2.05, 4.69) is 20.6 Å². The Hall–Kier alpha value is -2.39. The Morgan fingerprint density at radius 3 is 3.04 bits per heavy atom. The quantitative estimate of drug-likeness (QED) is 0.397. The van der Waals surface area contributed by atoms with E-state index in [0.29, 0.717) is 42.0 Å². The van der Waals surface area contributed by atoms with Gasteiger partial charge in [0.05, 0.1) is 19.7 Å². The molecule has 2 rings (SSSR count). The van der Waals surface area contributed by atoms with E-state index >= 15 is 0 Å². The van der Waals surface area contributed by atoms with Crippen LogP contribution >= 0.6 is 11.3 Å². The van der Waals surface area contributed by atoms with Crippen molar-refractivity contribution >= 4 is 28.3 Å². The van der Waals surface area contributed by atoms with Crippen LogP contribution in [0.3, 0.4) is 0 Å². The van der Waals surface area contributed by atoms with E-state index in [9.17, 15) is 4.79 Å². The molecule has 0 unspecified atom stereocenters. The molecule has 130 valence electrons. The molecule has 4 N–H and O–H groups in total. The fourth-order valence-electron chi connectivity index (χ4n) is 1.88. The van der Waals surface area contributed by atoms with Crippen LogP contribution in [-0.4, -0.2) is 37.1 Å². The summed E-state index contributed by atoms with van der Waals surface area (Å²) in [6, 6.07) is 1.89. The third kappa shape index (κ3) is 5.07. The number of methoxy groups -OCH3 is 1. The number of thiazole rings is 1. The van der Waals surface area contributed by atoms with Crippen molar-refractivity contribution in [1.29, 1.82) is 0 Å². The topological polar surface area (TPSA) is 115 Å². The highest BCUT2D eigenvalue weighted by atomic mass is 32.1. The van der Waals surface area contributed by atoms with Gasteiger partial charge in [-0.3, -0.25) is 9.79 Å². The third-order valence-electron chi connectivity index (χ3n) is 3.09. The van der Waals surface area contributed by atoms with E-state index in [1.54, 1.807) is 7.11 Å². The summed E-state index contributed by atoms with van der Waals surface area (Å²) in [6.07, 6.45) is 0. The van der Waals surface area contributed by atoms with Crippen molar-refractivity contribution in [3.05, 3.63) is 22.8 Å². The Kier molecular flexibility index (Phi) is 6.33. The molecule has 0 aliphatic carbocycles. The molecule has 1 amide bonds. The summed E-state index contributed by atoms with van der Waals surface area (Å²) in [5, 5.41) is 8.14. The van der Waals surface area contributed by atoms with Crippen molar-refractivity contribution < 1.29 is 13.9 Å². The number of anilines is 1. The van der Waals surface area contributed by atoms with Gasteiger partial charge in [0.25, 0.3) is 0 Å². The van der Waals surface area contributed by atoms with Crippen LogP contribution in [-0.2, 0) is 16.1 Å². The number of aliphatic imine (C=N–C) groups is 1. The number of nitrogens with zero attached hydrogens (tertiary/aromatic N) is 2. The molecule has 2 aromatic heterocycles. The minimum atomic E-state index is -0.101. The van der Waals surface area contributed by atoms with Gasteiger partial charge in [-0.25, -0.2) is 4.98 Å². The highest BCUT2D eigenvalue weighted by Gasteiger charge is 2.13. The standard InChI is InChI=1S/C15H21N5O3S/c1-9-6-12(23-13(9)7-18-10(2)21)11-8-24-15(19-11)20-14(16)17-4-5-22-3/h6,8H,4-5,7H2,1-3H3,(H,18,21)(H3,16,17,19,20). The van der Waals surface area contributed by atoms with Crippen molar-refractivity contribution in [3.8, 4) is 11.5 Å². The molecule has 24 heavy (non-hydrogen) atoms. The normalized spacial score (nSPS) is 11.5. The molecule has 2 heterocycles. The van der Waals surface area contributed by atoms with Gasteiger partial charge in [-0.15, -0.1) is 11.3 Å². The number of amides is 1. The van der Waals surface area contributed by atoms with Gasteiger partial charge in [-0.1, -0.05) is 0 Å². The Bertz CT molecular complexity index is 723. The molecule has 9 heteroatoms. The van der Waals surface area contributed by atoms with Crippen LogP contribution < -0.4 is 16.4 Å². The molecule has 0 aliphatic rings. The largest absolute Gasteiger partial charge is 0.457 e. The molecule has 0 fully saturated rings. The third-order valence-corrected chi connectivity index (χ3v) is 3.85. The van der Waals surface area contributed by atoms with Crippen LogP contribution in [0.25, 0.3) is 11.5 Å². The lowest BCUT2D eigenvalue weighted by atomic mass is 10.2. The first-order valence-corrected chi connectivity index (χ1v) is 8.23. The first-order chi connectivity index (χ1) is 11.5. The first kappa shape index (κ1) is 18.0. The van der Waals surface area contributed by atoms with E-state index < -0.39 is 0 Å². The number of rotatable bonds is 7. The Balaban J connectivity index is 2.03. The molecule has 2 aromatic rings. The van der Waals surface area contributed by atoms with Gasteiger partial charge in [0.1, 0.15) is 11.5 Å². The van der Waals surface area contributed by atoms with Gasteiger partial charge in [0.15, 0.2) is 16.9 Å². The number of hydrogen-bond donors (Lipinski definition) is 3. The SMILES string of the molecule is COCCN=C(N)Nc1nc(-c2cc(C)c(CNC(C)=O)o2)cs1. The predicted octanol–water partition coefficient (Wildman–Crippen LogP) is 1.72. The smallest absolute Gasteiger partial charge is 0.217 e. The summed E-state index contributed by atoms with van der Waals surface area (Å²) in [5.74, 6) is 1.54. The van der Waals surface area contributed by atoms with Crippen LogP contribution in [0, 0.1) is 6.92 Å². The highest BCUT2D eigenvalue weighted by Crippen LogP contribution is 2.28. The molecule has 8 nitrogen and oxygen atoms in total. The average Bonchev–Trinajstić information content (AvgIpc) is 3.12. The summed E-state index contributed by atoms with van der Waals surface area (Å²) >= 11 is 1.40. The van der Waals surface area contributed by atoms with Crippen LogP contribution in [0.1, 0.15) is 18.2 Å². The molecule has 0 atom stereocenters. The van der Waals surface area contributed by atoms with Crippen molar-refractivity contribution in [3.63, 3.8) is 0 Å². The zero-order valence-electron chi connectivity index (χ0n) is 13.9. The summed E-state index contributed by atoms with van der Waals surface area (Å²) in [5.41, 5.74) is 7.44. The number of carbonyl (C=O) groups is 1. The van der Waals surface area contributed by atoms with Gasteiger partial charge in [-0.05, 0) is 18.6 Å². The number of aromatic nitrogens is 1. The van der Waals surface area contributed by atoms with Crippen LogP contribution in [0.4, 0.5) is 5.13 Å². The molecule has 0 spiro atoms. The second-order valence-electron chi connectivity index (χ2n) is 5.05. The lowest BCUT2D eigenvalue weighted by molar-refractivity contribution is -0.119. The van der Waals surface area contributed by atoms with Crippen molar-refractivity contribution in [2.45, 2.75) is 20.4 Å². The molecule has 0 saturated carbocycles. The maximum absolute atomic E-state index is 11.0. The Morgan fingerprint density at radius 1 is 1.54 bits per heavy atom. The molecule has 0 saturated heterocycles. The van der Waals surface area contributed by atoms with E-state index in [0.717, 1.165) is 5.56 Å². The number of nitrogens with one attached hydrogen (secondary N) is 2. The van der Waals surface area contributed by atoms with Gasteiger partial charge >= 0.3 is 0 Å². The number of carbonyl (C=O) groups excluding carboxylic acids is 1. The molecular formula is C15H21N5O3S. The Morgan fingerprint density at radius 2 is 2.33 bits per heavy atom. The zero-order valence-corrected chi connectivity index (χ0v) is 14.7. The van der Waals surface area contributed by atoms with Crippen LogP contribution in [0.5, 0.6) is 0 Å². The number of furan rings is 1. The van der Waals surface area contributed by atoms with E-state index in [1.165, 1.54) is 18.3 Å². The molecule has 0 radical (unpaired) electrons. The number of nitrogens with two attached hydrogens (primary N) is 1. The summed E-state index contributed by atoms with van der Waals surface area (Å²) in [6.45, 7) is 4.74. The molecular weight excluding hydrogens is 330 g/mol. The highest BCUT2D eigenvalue weighted by molar-refractivity contribution is 7.14. The van der Waals surface area contributed by atoms with Crippen molar-refractivity contribution in [1.82, 2.24) is 10.3 Å². The minimum absolute atomic E-state index is 0.101. The lowest BCUT2D eigenvalue weighted by Crippen LogP contribution is -2.23. The lowest BCUT2D eigenvalue weighted by Gasteiger charge is -2.01. The zero-order chi connectivity index (χ0) is 17.5. The molecule has 0 aromatic carbocycles. The monoisotopic (exact) mass is 351 g/mol. The Labute approximate surface area is 144 Å². The number of ether oxygens (including phenoxy) is 1. The average molecular weight is 351 g/mol. The van der Waals surface area contributed by atoms with E-state index in [1.807, 2.05) is 18.4 Å². The summed E-state index contributed by atoms with van der Waals surface area (Å²) in [7, 11) is 1.61. The second kappa shape index (κ2) is 8.46. The summed E-state index contributed by atoms with van der Waals surface area (Å²) in [4.78, 5) is 19.5. The molecule has 0 bridgehead atoms.